The highest BCUT2D eigenvalue weighted by Gasteiger charge is 2.30. The van der Waals surface area contributed by atoms with Crippen LogP contribution >= 0.6 is 0 Å². The quantitative estimate of drug-likeness (QED) is 0.402. The van der Waals surface area contributed by atoms with Crippen molar-refractivity contribution in [3.63, 3.8) is 0 Å². The standard InChI is InChI=1S/C26H40N2O6/c1-6-32-24(30)22(27-19(2)23(29)34-26(3,4)5)13-12-20-14-16-28(17-15-20)25(31)33-18-21-10-8-7-9-11-21/h7-11,19-20,22,27H,6,12-18H2,1-5H3/t19-,22-/m0/s1. The van der Waals surface area contributed by atoms with E-state index < -0.39 is 23.7 Å². The first kappa shape index (κ1) is 27.6. The van der Waals surface area contributed by atoms with Crippen LogP contribution in [0.1, 0.15) is 65.9 Å². The molecule has 0 unspecified atom stereocenters. The van der Waals surface area contributed by atoms with Crippen molar-refractivity contribution in [1.29, 1.82) is 0 Å². The lowest BCUT2D eigenvalue weighted by Crippen LogP contribution is -2.48. The minimum atomic E-state index is -0.630. The van der Waals surface area contributed by atoms with Gasteiger partial charge in [0.2, 0.25) is 0 Å². The fraction of sp³-hybridized carbons (Fsp3) is 0.654. The van der Waals surface area contributed by atoms with E-state index in [1.165, 1.54) is 0 Å². The van der Waals surface area contributed by atoms with Gasteiger partial charge in [0, 0.05) is 13.1 Å². The van der Waals surface area contributed by atoms with Crippen LogP contribution in [0.4, 0.5) is 4.79 Å². The fourth-order valence-corrected chi connectivity index (χ4v) is 3.89. The van der Waals surface area contributed by atoms with Gasteiger partial charge in [-0.05, 0) is 71.8 Å². The maximum absolute atomic E-state index is 12.5. The van der Waals surface area contributed by atoms with Gasteiger partial charge in [-0.3, -0.25) is 14.9 Å². The van der Waals surface area contributed by atoms with Crippen molar-refractivity contribution in [2.45, 2.75) is 84.6 Å². The molecule has 0 aromatic heterocycles. The lowest BCUT2D eigenvalue weighted by molar-refractivity contribution is -0.157. The largest absolute Gasteiger partial charge is 0.465 e. The van der Waals surface area contributed by atoms with Crippen molar-refractivity contribution in [2.75, 3.05) is 19.7 Å². The molecule has 1 saturated heterocycles. The number of carbonyl (C=O) groups is 3. The summed E-state index contributed by atoms with van der Waals surface area (Å²) >= 11 is 0. The van der Waals surface area contributed by atoms with Gasteiger partial charge < -0.3 is 19.1 Å². The molecular formula is C26H40N2O6. The van der Waals surface area contributed by atoms with E-state index in [2.05, 4.69) is 5.32 Å². The van der Waals surface area contributed by atoms with Crippen LogP contribution in [0.15, 0.2) is 30.3 Å². The average Bonchev–Trinajstić information content (AvgIpc) is 2.80. The number of hydrogen-bond acceptors (Lipinski definition) is 7. The molecule has 1 N–H and O–H groups in total. The molecule has 1 fully saturated rings. The highest BCUT2D eigenvalue weighted by atomic mass is 16.6. The Hall–Kier alpha value is -2.61. The summed E-state index contributed by atoms with van der Waals surface area (Å²) in [5.74, 6) is -0.377. The number of benzene rings is 1. The SMILES string of the molecule is CCOC(=O)[C@H](CCC1CCN(C(=O)OCc2ccccc2)CC1)N[C@@H](C)C(=O)OC(C)(C)C. The zero-order chi connectivity index (χ0) is 25.1. The second kappa shape index (κ2) is 13.3. The Bertz CT molecular complexity index is 784. The zero-order valence-electron chi connectivity index (χ0n) is 21.2. The topological polar surface area (TPSA) is 94.2 Å². The first-order valence-corrected chi connectivity index (χ1v) is 12.2. The van der Waals surface area contributed by atoms with Gasteiger partial charge >= 0.3 is 18.0 Å². The van der Waals surface area contributed by atoms with Crippen molar-refractivity contribution < 1.29 is 28.6 Å². The smallest absolute Gasteiger partial charge is 0.410 e. The number of ether oxygens (including phenoxy) is 3. The highest BCUT2D eigenvalue weighted by Crippen LogP contribution is 2.24. The molecule has 2 rings (SSSR count). The van der Waals surface area contributed by atoms with Crippen molar-refractivity contribution in [2.24, 2.45) is 5.92 Å². The van der Waals surface area contributed by atoms with E-state index in [0.717, 1.165) is 24.8 Å². The number of amides is 1. The molecule has 1 amide bonds. The molecule has 1 aromatic carbocycles. The van der Waals surface area contributed by atoms with Gasteiger partial charge in [0.15, 0.2) is 0 Å². The van der Waals surface area contributed by atoms with Gasteiger partial charge in [0.1, 0.15) is 24.3 Å². The van der Waals surface area contributed by atoms with Gasteiger partial charge in [0.25, 0.3) is 0 Å². The Labute approximate surface area is 203 Å². The predicted octanol–water partition coefficient (Wildman–Crippen LogP) is 4.07. The van der Waals surface area contributed by atoms with Crippen LogP contribution in [0.3, 0.4) is 0 Å². The van der Waals surface area contributed by atoms with E-state index in [1.54, 1.807) is 18.7 Å². The molecule has 0 aliphatic carbocycles. The summed E-state index contributed by atoms with van der Waals surface area (Å²) in [6.45, 7) is 10.7. The Morgan fingerprint density at radius 2 is 1.71 bits per heavy atom. The van der Waals surface area contributed by atoms with Crippen molar-refractivity contribution in [1.82, 2.24) is 10.2 Å². The minimum Gasteiger partial charge on any atom is -0.465 e. The molecule has 0 saturated carbocycles. The van der Waals surface area contributed by atoms with Crippen LogP contribution < -0.4 is 5.32 Å². The van der Waals surface area contributed by atoms with Crippen molar-refractivity contribution in [3.8, 4) is 0 Å². The number of rotatable bonds is 10. The Balaban J connectivity index is 1.80. The molecule has 190 valence electrons. The summed E-state index contributed by atoms with van der Waals surface area (Å²) in [5.41, 5.74) is 0.367. The number of carbonyl (C=O) groups excluding carboxylic acids is 3. The molecule has 1 aromatic rings. The molecule has 1 aliphatic rings. The van der Waals surface area contributed by atoms with E-state index >= 15 is 0 Å². The molecule has 0 bridgehead atoms. The molecule has 8 nitrogen and oxygen atoms in total. The lowest BCUT2D eigenvalue weighted by Gasteiger charge is -2.32. The van der Waals surface area contributed by atoms with E-state index in [0.29, 0.717) is 25.4 Å². The van der Waals surface area contributed by atoms with Gasteiger partial charge in [-0.15, -0.1) is 0 Å². The molecule has 34 heavy (non-hydrogen) atoms. The second-order valence-corrected chi connectivity index (χ2v) is 9.77. The maximum Gasteiger partial charge on any atom is 0.410 e. The van der Waals surface area contributed by atoms with Crippen LogP contribution in [0.25, 0.3) is 0 Å². The third-order valence-electron chi connectivity index (χ3n) is 5.72. The Morgan fingerprint density at radius 1 is 1.06 bits per heavy atom. The van der Waals surface area contributed by atoms with E-state index in [-0.39, 0.29) is 25.3 Å². The highest BCUT2D eigenvalue weighted by molar-refractivity contribution is 5.79. The zero-order valence-corrected chi connectivity index (χ0v) is 21.2. The molecule has 2 atom stereocenters. The van der Waals surface area contributed by atoms with E-state index in [4.69, 9.17) is 14.2 Å². The Morgan fingerprint density at radius 3 is 2.29 bits per heavy atom. The summed E-state index contributed by atoms with van der Waals surface area (Å²) in [4.78, 5) is 38.9. The summed E-state index contributed by atoms with van der Waals surface area (Å²) in [5, 5.41) is 3.09. The summed E-state index contributed by atoms with van der Waals surface area (Å²) in [6, 6.07) is 8.40. The Kier molecular flexibility index (Phi) is 10.8. The fourth-order valence-electron chi connectivity index (χ4n) is 3.89. The number of esters is 2. The molecule has 1 aliphatic heterocycles. The first-order valence-electron chi connectivity index (χ1n) is 12.2. The predicted molar refractivity (Wildman–Crippen MR) is 129 cm³/mol. The normalized spacial score (nSPS) is 16.4. The van der Waals surface area contributed by atoms with Gasteiger partial charge in [-0.2, -0.15) is 0 Å². The van der Waals surface area contributed by atoms with Crippen LogP contribution in [0.5, 0.6) is 0 Å². The van der Waals surface area contributed by atoms with Crippen molar-refractivity contribution >= 4 is 18.0 Å². The number of likely N-dealkylation sites (tertiary alicyclic amines) is 1. The molecular weight excluding hydrogens is 436 g/mol. The van der Waals surface area contributed by atoms with Crippen LogP contribution in [-0.2, 0) is 30.4 Å². The van der Waals surface area contributed by atoms with Crippen LogP contribution in [0, 0.1) is 5.92 Å². The summed E-state index contributed by atoms with van der Waals surface area (Å²) < 4.78 is 16.1. The van der Waals surface area contributed by atoms with Crippen LogP contribution in [0.2, 0.25) is 0 Å². The van der Waals surface area contributed by atoms with E-state index in [1.807, 2.05) is 51.1 Å². The van der Waals surface area contributed by atoms with Gasteiger partial charge in [-0.1, -0.05) is 30.3 Å². The maximum atomic E-state index is 12.5. The number of piperidine rings is 1. The molecule has 0 spiro atoms. The summed E-state index contributed by atoms with van der Waals surface area (Å²) in [7, 11) is 0. The first-order chi connectivity index (χ1) is 16.1. The number of nitrogens with one attached hydrogen (secondary N) is 1. The molecule has 8 heteroatoms. The molecule has 1 heterocycles. The number of hydrogen-bond donors (Lipinski definition) is 1. The van der Waals surface area contributed by atoms with Gasteiger partial charge in [-0.25, -0.2) is 4.79 Å². The van der Waals surface area contributed by atoms with Crippen LogP contribution in [-0.4, -0.2) is 60.3 Å². The van der Waals surface area contributed by atoms with Crippen molar-refractivity contribution in [3.05, 3.63) is 35.9 Å². The van der Waals surface area contributed by atoms with Gasteiger partial charge in [0.05, 0.1) is 6.61 Å². The summed E-state index contributed by atoms with van der Waals surface area (Å²) in [6.07, 6.45) is 2.74. The molecule has 0 radical (unpaired) electrons. The van der Waals surface area contributed by atoms with E-state index in [9.17, 15) is 14.4 Å². The third kappa shape index (κ3) is 9.71. The second-order valence-electron chi connectivity index (χ2n) is 9.77. The lowest BCUT2D eigenvalue weighted by atomic mass is 9.90. The average molecular weight is 477 g/mol. The monoisotopic (exact) mass is 476 g/mol. The minimum absolute atomic E-state index is 0.266. The third-order valence-corrected chi connectivity index (χ3v) is 5.72. The number of nitrogens with zero attached hydrogens (tertiary/aromatic N) is 1.